The highest BCUT2D eigenvalue weighted by molar-refractivity contribution is 6.00. The Morgan fingerprint density at radius 2 is 2.06 bits per heavy atom. The first-order chi connectivity index (χ1) is 15.3. The molecular weight excluding hydrogens is 409 g/mol. The van der Waals surface area contributed by atoms with Crippen LogP contribution in [0.15, 0.2) is 69.8 Å². The first kappa shape index (κ1) is 27.1. The fourth-order valence-corrected chi connectivity index (χ4v) is 3.36. The molecule has 0 bridgehead atoms. The predicted molar refractivity (Wildman–Crippen MR) is 129 cm³/mol. The van der Waals surface area contributed by atoms with E-state index in [1.807, 2.05) is 26.8 Å². The molecule has 6 nitrogen and oxygen atoms in total. The van der Waals surface area contributed by atoms with E-state index >= 15 is 0 Å². The zero-order valence-corrected chi connectivity index (χ0v) is 19.9. The third-order valence-corrected chi connectivity index (χ3v) is 4.86. The summed E-state index contributed by atoms with van der Waals surface area (Å²) in [6.45, 7) is 14.8. The molecule has 0 radical (unpaired) electrons. The van der Waals surface area contributed by atoms with Crippen LogP contribution < -0.4 is 0 Å². The molecule has 0 aromatic rings. The summed E-state index contributed by atoms with van der Waals surface area (Å²) in [5, 5.41) is 0. The smallest absolute Gasteiger partial charge is 0.216 e. The lowest BCUT2D eigenvalue weighted by molar-refractivity contribution is -0.118. The van der Waals surface area contributed by atoms with Crippen molar-refractivity contribution in [2.45, 2.75) is 46.6 Å². The van der Waals surface area contributed by atoms with Crippen LogP contribution in [-0.4, -0.2) is 56.3 Å². The molecule has 1 atom stereocenters. The second-order valence-corrected chi connectivity index (χ2v) is 7.58. The van der Waals surface area contributed by atoms with E-state index in [1.54, 1.807) is 12.3 Å². The van der Waals surface area contributed by atoms with Crippen molar-refractivity contribution < 1.29 is 18.7 Å². The Bertz CT molecular complexity index is 822. The zero-order valence-electron chi connectivity index (χ0n) is 19.9. The number of aliphatic imine (C=N–C) groups is 2. The van der Waals surface area contributed by atoms with E-state index in [0.29, 0.717) is 18.9 Å². The van der Waals surface area contributed by atoms with Gasteiger partial charge in [0, 0.05) is 48.0 Å². The Kier molecular flexibility index (Phi) is 12.0. The molecule has 0 aliphatic carbocycles. The van der Waals surface area contributed by atoms with Crippen LogP contribution in [0.2, 0.25) is 0 Å². The molecule has 0 saturated carbocycles. The van der Waals surface area contributed by atoms with Crippen molar-refractivity contribution in [3.8, 4) is 0 Å². The van der Waals surface area contributed by atoms with Crippen molar-refractivity contribution in [2.75, 3.05) is 26.9 Å². The van der Waals surface area contributed by atoms with Gasteiger partial charge in [0.1, 0.15) is 13.3 Å². The fraction of sp³-hybridized carbons (Fsp3) is 0.480. The third-order valence-electron chi connectivity index (χ3n) is 4.86. The number of ether oxygens (including phenoxy) is 2. The standard InChI is InChI=1S/C25H36FN3O3/c1-8-10-22-20(12-14-27-6)21(25(30)18(3)4)17-29(22)19(5)16-24(31-7)28-23(11-9-2)32-15-13-26/h9-12,14,18-19H,2,6,8,13,15-17H2,1,3-5,7H3/b14-12-,22-10-,23-11+,28-24?. The van der Waals surface area contributed by atoms with Gasteiger partial charge in [-0.15, -0.1) is 0 Å². The summed E-state index contributed by atoms with van der Waals surface area (Å²) in [5.41, 5.74) is 2.62. The highest BCUT2D eigenvalue weighted by Gasteiger charge is 2.33. The highest BCUT2D eigenvalue weighted by Crippen LogP contribution is 2.34. The van der Waals surface area contributed by atoms with Crippen LogP contribution in [0.25, 0.3) is 0 Å². The van der Waals surface area contributed by atoms with E-state index in [0.717, 1.165) is 23.3 Å². The fourth-order valence-electron chi connectivity index (χ4n) is 3.36. The second kappa shape index (κ2) is 14.2. The van der Waals surface area contributed by atoms with E-state index < -0.39 is 6.67 Å². The lowest BCUT2D eigenvalue weighted by Crippen LogP contribution is -2.33. The van der Waals surface area contributed by atoms with Crippen LogP contribution in [0.5, 0.6) is 0 Å². The molecule has 1 rings (SSSR count). The quantitative estimate of drug-likeness (QED) is 0.170. The summed E-state index contributed by atoms with van der Waals surface area (Å²) in [4.78, 5) is 23.3. The maximum absolute atomic E-state index is 12.9. The summed E-state index contributed by atoms with van der Waals surface area (Å²) >= 11 is 0. The molecule has 176 valence electrons. The van der Waals surface area contributed by atoms with Gasteiger partial charge in [-0.2, -0.15) is 4.99 Å². The summed E-state index contributed by atoms with van der Waals surface area (Å²) in [6.07, 6.45) is 9.92. The summed E-state index contributed by atoms with van der Waals surface area (Å²) < 4.78 is 23.3. The Labute approximate surface area is 191 Å². The number of nitrogens with zero attached hydrogens (tertiary/aromatic N) is 3. The topological polar surface area (TPSA) is 63.5 Å². The van der Waals surface area contributed by atoms with Crippen molar-refractivity contribution >= 4 is 18.4 Å². The number of hydrogen-bond donors (Lipinski definition) is 0. The lowest BCUT2D eigenvalue weighted by atomic mass is 9.97. The predicted octanol–water partition coefficient (Wildman–Crippen LogP) is 5.17. The highest BCUT2D eigenvalue weighted by atomic mass is 19.1. The Morgan fingerprint density at radius 3 is 2.59 bits per heavy atom. The van der Waals surface area contributed by atoms with Gasteiger partial charge in [0.15, 0.2) is 11.7 Å². The SMILES string of the molecule is C=C/C=C(\N=C(CC(C)N1CC(C(=O)C(C)C)=C(/C=C\N=C)/C1=C/CC)OC)OCCF. The minimum absolute atomic E-state index is 0.0322. The first-order valence-corrected chi connectivity index (χ1v) is 10.8. The molecule has 1 unspecified atom stereocenters. The molecule has 1 aliphatic rings. The summed E-state index contributed by atoms with van der Waals surface area (Å²) in [5.74, 6) is 0.677. The van der Waals surface area contributed by atoms with Crippen LogP contribution >= 0.6 is 0 Å². The third kappa shape index (κ3) is 7.62. The molecule has 32 heavy (non-hydrogen) atoms. The van der Waals surface area contributed by atoms with Crippen molar-refractivity contribution in [2.24, 2.45) is 15.9 Å². The number of ketones is 1. The van der Waals surface area contributed by atoms with Crippen LogP contribution in [0.4, 0.5) is 4.39 Å². The van der Waals surface area contributed by atoms with Gasteiger partial charge in [-0.1, -0.05) is 39.5 Å². The Hall–Kier alpha value is -2.96. The molecule has 0 saturated heterocycles. The molecular formula is C25H36FN3O3. The van der Waals surface area contributed by atoms with E-state index in [9.17, 15) is 9.18 Å². The number of halogens is 1. The average Bonchev–Trinajstić information content (AvgIpc) is 3.13. The van der Waals surface area contributed by atoms with Crippen molar-refractivity contribution in [1.82, 2.24) is 4.90 Å². The average molecular weight is 446 g/mol. The van der Waals surface area contributed by atoms with E-state index in [4.69, 9.17) is 9.47 Å². The first-order valence-electron chi connectivity index (χ1n) is 10.8. The van der Waals surface area contributed by atoms with Gasteiger partial charge in [-0.3, -0.25) is 9.79 Å². The van der Waals surface area contributed by atoms with Gasteiger partial charge < -0.3 is 14.4 Å². The molecule has 0 aromatic heterocycles. The summed E-state index contributed by atoms with van der Waals surface area (Å²) in [6, 6.07) is -0.0322. The molecule has 7 heteroatoms. The molecule has 0 fully saturated rings. The molecule has 1 heterocycles. The molecule has 1 aliphatic heterocycles. The van der Waals surface area contributed by atoms with E-state index in [-0.39, 0.29) is 30.2 Å². The second-order valence-electron chi connectivity index (χ2n) is 7.58. The number of alkyl halides is 1. The number of rotatable bonds is 13. The van der Waals surface area contributed by atoms with Crippen molar-refractivity contribution in [1.29, 1.82) is 0 Å². The van der Waals surface area contributed by atoms with E-state index in [1.165, 1.54) is 13.2 Å². The minimum Gasteiger partial charge on any atom is -0.484 e. The monoisotopic (exact) mass is 445 g/mol. The normalized spacial score (nSPS) is 17.5. The largest absolute Gasteiger partial charge is 0.484 e. The number of carbonyl (C=O) groups excluding carboxylic acids is 1. The van der Waals surface area contributed by atoms with Crippen LogP contribution in [0, 0.1) is 5.92 Å². The number of carbonyl (C=O) groups is 1. The van der Waals surface area contributed by atoms with Gasteiger partial charge in [-0.05, 0) is 32.2 Å². The molecule has 0 spiro atoms. The van der Waals surface area contributed by atoms with Gasteiger partial charge >= 0.3 is 0 Å². The van der Waals surface area contributed by atoms with Gasteiger partial charge in [0.2, 0.25) is 5.88 Å². The number of Topliss-reactive ketones (excluding diaryl/α,β-unsaturated/α-hetero) is 1. The molecule has 0 aromatic carbocycles. The summed E-state index contributed by atoms with van der Waals surface area (Å²) in [7, 11) is 1.54. The number of hydrogen-bond acceptors (Lipinski definition) is 6. The van der Waals surface area contributed by atoms with Gasteiger partial charge in [0.05, 0.1) is 7.11 Å². The van der Waals surface area contributed by atoms with Crippen molar-refractivity contribution in [3.63, 3.8) is 0 Å². The zero-order chi connectivity index (χ0) is 24.1. The maximum atomic E-state index is 12.9. The van der Waals surface area contributed by atoms with Crippen LogP contribution in [0.1, 0.15) is 40.5 Å². The molecule has 0 amide bonds. The Morgan fingerprint density at radius 1 is 1.34 bits per heavy atom. The number of allylic oxidation sites excluding steroid dienone is 4. The minimum atomic E-state index is -0.615. The van der Waals surface area contributed by atoms with E-state index in [2.05, 4.69) is 41.2 Å². The van der Waals surface area contributed by atoms with Crippen LogP contribution in [0.3, 0.4) is 0 Å². The maximum Gasteiger partial charge on any atom is 0.216 e. The molecule has 0 N–H and O–H groups in total. The van der Waals surface area contributed by atoms with Gasteiger partial charge in [0.25, 0.3) is 0 Å². The lowest BCUT2D eigenvalue weighted by Gasteiger charge is -2.29. The Balaban J connectivity index is 3.25. The van der Waals surface area contributed by atoms with Gasteiger partial charge in [-0.25, -0.2) is 4.39 Å². The van der Waals surface area contributed by atoms with Crippen molar-refractivity contribution in [3.05, 3.63) is 59.8 Å². The number of methoxy groups -OCH3 is 1. The van der Waals surface area contributed by atoms with Crippen LogP contribution in [-0.2, 0) is 14.3 Å².